The molecule has 0 bridgehead atoms. The first-order valence-electron chi connectivity index (χ1n) is 6.12. The Morgan fingerprint density at radius 1 is 1.53 bits per heavy atom. The normalized spacial score (nSPS) is 25.5. The van der Waals surface area contributed by atoms with Crippen molar-refractivity contribution < 1.29 is 4.74 Å². The minimum Gasteiger partial charge on any atom is -0.383 e. The van der Waals surface area contributed by atoms with E-state index in [2.05, 4.69) is 34.9 Å². The third kappa shape index (κ3) is 2.50. The predicted molar refractivity (Wildman–Crippen MR) is 71.9 cm³/mol. The van der Waals surface area contributed by atoms with E-state index in [1.54, 1.807) is 0 Å². The van der Waals surface area contributed by atoms with Crippen molar-refractivity contribution in [2.75, 3.05) is 12.3 Å². The van der Waals surface area contributed by atoms with Gasteiger partial charge in [0.25, 0.3) is 0 Å². The lowest BCUT2D eigenvalue weighted by Gasteiger charge is -2.32. The van der Waals surface area contributed by atoms with Crippen LogP contribution in [-0.4, -0.2) is 22.5 Å². The van der Waals surface area contributed by atoms with Crippen molar-refractivity contribution in [3.63, 3.8) is 0 Å². The molecule has 0 aliphatic carbocycles. The summed E-state index contributed by atoms with van der Waals surface area (Å²) in [4.78, 5) is 0. The Bertz CT molecular complexity index is 403. The van der Waals surface area contributed by atoms with Gasteiger partial charge in [-0.1, -0.05) is 13.8 Å². The maximum Gasteiger partial charge on any atom is 0.136 e. The summed E-state index contributed by atoms with van der Waals surface area (Å²) in [5, 5.41) is 4.52. The molecular formula is C12H20BrN3O. The SMILES string of the molecule is Cc1nn(C2CCOC(C(C)C)C2)c(N)c1Br. The fraction of sp³-hybridized carbons (Fsp3) is 0.750. The zero-order valence-corrected chi connectivity index (χ0v) is 12.2. The topological polar surface area (TPSA) is 53.1 Å². The standard InChI is InChI=1S/C12H20BrN3O/c1-7(2)10-6-9(4-5-17-10)16-12(14)11(13)8(3)15-16/h7,9-10H,4-6,14H2,1-3H3. The molecule has 96 valence electrons. The van der Waals surface area contributed by atoms with Crippen molar-refractivity contribution in [1.29, 1.82) is 0 Å². The lowest BCUT2D eigenvalue weighted by Crippen LogP contribution is -2.32. The average Bonchev–Trinajstić information content (AvgIpc) is 2.57. The Morgan fingerprint density at radius 3 is 2.76 bits per heavy atom. The van der Waals surface area contributed by atoms with Crippen molar-refractivity contribution in [1.82, 2.24) is 9.78 Å². The highest BCUT2D eigenvalue weighted by Gasteiger charge is 2.28. The monoisotopic (exact) mass is 301 g/mol. The van der Waals surface area contributed by atoms with Gasteiger partial charge >= 0.3 is 0 Å². The number of hydrogen-bond donors (Lipinski definition) is 1. The van der Waals surface area contributed by atoms with Gasteiger partial charge in [0.05, 0.1) is 22.3 Å². The van der Waals surface area contributed by atoms with Crippen LogP contribution < -0.4 is 5.73 Å². The first-order valence-corrected chi connectivity index (χ1v) is 6.91. The van der Waals surface area contributed by atoms with Crippen molar-refractivity contribution in [3.05, 3.63) is 10.2 Å². The van der Waals surface area contributed by atoms with E-state index < -0.39 is 0 Å². The molecule has 5 heteroatoms. The number of anilines is 1. The van der Waals surface area contributed by atoms with E-state index in [-0.39, 0.29) is 0 Å². The summed E-state index contributed by atoms with van der Waals surface area (Å²) in [7, 11) is 0. The fourth-order valence-electron chi connectivity index (χ4n) is 2.32. The summed E-state index contributed by atoms with van der Waals surface area (Å²) in [6.07, 6.45) is 2.30. The number of nitrogens with zero attached hydrogens (tertiary/aromatic N) is 2. The second-order valence-corrected chi connectivity index (χ2v) is 5.85. The van der Waals surface area contributed by atoms with E-state index in [0.717, 1.165) is 35.4 Å². The molecule has 1 fully saturated rings. The molecule has 0 spiro atoms. The van der Waals surface area contributed by atoms with Crippen molar-refractivity contribution in [2.45, 2.75) is 45.8 Å². The van der Waals surface area contributed by atoms with Crippen LogP contribution in [0.15, 0.2) is 4.47 Å². The second kappa shape index (κ2) is 4.98. The number of aryl methyl sites for hydroxylation is 1. The highest BCUT2D eigenvalue weighted by Crippen LogP contribution is 2.33. The summed E-state index contributed by atoms with van der Waals surface area (Å²) in [5.41, 5.74) is 7.02. The summed E-state index contributed by atoms with van der Waals surface area (Å²) in [6, 6.07) is 0.362. The molecule has 1 aromatic heterocycles. The Hall–Kier alpha value is -0.550. The third-order valence-corrected chi connectivity index (χ3v) is 4.40. The molecule has 4 nitrogen and oxygen atoms in total. The van der Waals surface area contributed by atoms with Crippen LogP contribution in [0.3, 0.4) is 0 Å². The van der Waals surface area contributed by atoms with Crippen LogP contribution in [0, 0.1) is 12.8 Å². The van der Waals surface area contributed by atoms with Gasteiger partial charge in [-0.2, -0.15) is 5.10 Å². The van der Waals surface area contributed by atoms with Crippen molar-refractivity contribution >= 4 is 21.7 Å². The molecule has 1 aliphatic heterocycles. The van der Waals surface area contributed by atoms with Crippen LogP contribution in [0.5, 0.6) is 0 Å². The first kappa shape index (κ1) is 12.9. The number of nitrogen functional groups attached to an aromatic ring is 1. The number of nitrogens with two attached hydrogens (primary N) is 1. The number of hydrogen-bond acceptors (Lipinski definition) is 3. The number of ether oxygens (including phenoxy) is 1. The van der Waals surface area contributed by atoms with E-state index in [1.807, 2.05) is 11.6 Å². The Balaban J connectivity index is 2.19. The van der Waals surface area contributed by atoms with E-state index in [1.165, 1.54) is 0 Å². The van der Waals surface area contributed by atoms with Crippen LogP contribution in [0.2, 0.25) is 0 Å². The van der Waals surface area contributed by atoms with E-state index in [0.29, 0.717) is 18.1 Å². The molecule has 1 aliphatic rings. The number of aromatic nitrogens is 2. The smallest absolute Gasteiger partial charge is 0.136 e. The van der Waals surface area contributed by atoms with Crippen LogP contribution in [-0.2, 0) is 4.74 Å². The molecule has 17 heavy (non-hydrogen) atoms. The molecule has 2 unspecified atom stereocenters. The molecule has 0 aromatic carbocycles. The predicted octanol–water partition coefficient (Wildman–Crippen LogP) is 2.91. The molecular weight excluding hydrogens is 282 g/mol. The molecule has 1 aromatic rings. The van der Waals surface area contributed by atoms with Gasteiger partial charge in [0.1, 0.15) is 5.82 Å². The maximum atomic E-state index is 6.07. The van der Waals surface area contributed by atoms with Crippen molar-refractivity contribution in [2.24, 2.45) is 5.92 Å². The molecule has 2 heterocycles. The van der Waals surface area contributed by atoms with Gasteiger partial charge in [-0.3, -0.25) is 0 Å². The minimum atomic E-state index is 0.316. The summed E-state index contributed by atoms with van der Waals surface area (Å²) in [6.45, 7) is 7.15. The van der Waals surface area contributed by atoms with E-state index >= 15 is 0 Å². The first-order chi connectivity index (χ1) is 8.00. The lowest BCUT2D eigenvalue weighted by atomic mass is 9.95. The molecule has 0 saturated carbocycles. The van der Waals surface area contributed by atoms with Crippen LogP contribution >= 0.6 is 15.9 Å². The van der Waals surface area contributed by atoms with Gasteiger partial charge in [-0.15, -0.1) is 0 Å². The Morgan fingerprint density at radius 2 is 2.24 bits per heavy atom. The third-order valence-electron chi connectivity index (χ3n) is 3.42. The van der Waals surface area contributed by atoms with Crippen LogP contribution in [0.25, 0.3) is 0 Å². The highest BCUT2D eigenvalue weighted by atomic mass is 79.9. The fourth-order valence-corrected chi connectivity index (χ4v) is 2.58. The molecule has 1 saturated heterocycles. The number of rotatable bonds is 2. The van der Waals surface area contributed by atoms with Gasteiger partial charge < -0.3 is 10.5 Å². The Kier molecular flexibility index (Phi) is 3.78. The Labute approximate surface area is 111 Å². The van der Waals surface area contributed by atoms with Crippen LogP contribution in [0.1, 0.15) is 38.4 Å². The molecule has 0 radical (unpaired) electrons. The van der Waals surface area contributed by atoms with Gasteiger partial charge in [-0.25, -0.2) is 4.68 Å². The number of halogens is 1. The molecule has 2 N–H and O–H groups in total. The summed E-state index contributed by atoms with van der Waals surface area (Å²) in [5.74, 6) is 1.27. The van der Waals surface area contributed by atoms with Gasteiger partial charge in [0.2, 0.25) is 0 Å². The summed E-state index contributed by atoms with van der Waals surface area (Å²) < 4.78 is 8.65. The minimum absolute atomic E-state index is 0.316. The molecule has 2 atom stereocenters. The van der Waals surface area contributed by atoms with E-state index in [9.17, 15) is 0 Å². The highest BCUT2D eigenvalue weighted by molar-refractivity contribution is 9.10. The van der Waals surface area contributed by atoms with Crippen molar-refractivity contribution in [3.8, 4) is 0 Å². The van der Waals surface area contributed by atoms with Gasteiger partial charge in [0.15, 0.2) is 0 Å². The zero-order valence-electron chi connectivity index (χ0n) is 10.6. The van der Waals surface area contributed by atoms with Crippen LogP contribution in [0.4, 0.5) is 5.82 Å². The second-order valence-electron chi connectivity index (χ2n) is 5.06. The average molecular weight is 302 g/mol. The molecule has 2 rings (SSSR count). The van der Waals surface area contributed by atoms with Gasteiger partial charge in [0, 0.05) is 6.61 Å². The van der Waals surface area contributed by atoms with Gasteiger partial charge in [-0.05, 0) is 41.6 Å². The lowest BCUT2D eigenvalue weighted by molar-refractivity contribution is -0.0324. The largest absolute Gasteiger partial charge is 0.383 e. The maximum absolute atomic E-state index is 6.07. The summed E-state index contributed by atoms with van der Waals surface area (Å²) >= 11 is 3.47. The zero-order chi connectivity index (χ0) is 12.6. The molecule has 0 amide bonds. The quantitative estimate of drug-likeness (QED) is 0.914. The van der Waals surface area contributed by atoms with E-state index in [4.69, 9.17) is 10.5 Å².